The smallest absolute Gasteiger partial charge is 0.143 e. The number of fused-ring (bicyclic) bond motifs is 7. The minimum Gasteiger partial charge on any atom is -0.455 e. The van der Waals surface area contributed by atoms with Crippen molar-refractivity contribution < 1.29 is 4.42 Å². The molecule has 0 fully saturated rings. The summed E-state index contributed by atoms with van der Waals surface area (Å²) in [6.45, 7) is 0. The lowest BCUT2D eigenvalue weighted by molar-refractivity contribution is 0.670. The lowest BCUT2D eigenvalue weighted by atomic mass is 9.93. The number of halogens is 1. The van der Waals surface area contributed by atoms with Gasteiger partial charge in [0.2, 0.25) is 0 Å². The first-order chi connectivity index (χ1) is 16.8. The third-order valence-corrected chi connectivity index (χ3v) is 7.13. The quantitative estimate of drug-likeness (QED) is 0.231. The van der Waals surface area contributed by atoms with Gasteiger partial charge in [-0.15, -0.1) is 0 Å². The van der Waals surface area contributed by atoms with Crippen LogP contribution in [0.5, 0.6) is 0 Å². The van der Waals surface area contributed by atoms with E-state index in [9.17, 15) is 0 Å². The SMILES string of the molecule is Brc1cc(-c2ccccc2)cc(-c2cc3ccccc3c3c2oc2ccc4ccccc4c23)c1. The lowest BCUT2D eigenvalue weighted by Crippen LogP contribution is -1.85. The van der Waals surface area contributed by atoms with Crippen LogP contribution in [-0.2, 0) is 0 Å². The largest absolute Gasteiger partial charge is 0.455 e. The maximum Gasteiger partial charge on any atom is 0.143 e. The van der Waals surface area contributed by atoms with Gasteiger partial charge in [0.1, 0.15) is 11.2 Å². The molecule has 0 aliphatic rings. The van der Waals surface area contributed by atoms with E-state index in [-0.39, 0.29) is 0 Å². The minimum atomic E-state index is 0.921. The molecule has 0 atom stereocenters. The van der Waals surface area contributed by atoms with Crippen LogP contribution in [0, 0.1) is 0 Å². The molecule has 34 heavy (non-hydrogen) atoms. The van der Waals surface area contributed by atoms with Gasteiger partial charge in [-0.05, 0) is 68.6 Å². The Morgan fingerprint density at radius 1 is 0.500 bits per heavy atom. The zero-order chi connectivity index (χ0) is 22.6. The highest BCUT2D eigenvalue weighted by Gasteiger charge is 2.18. The summed E-state index contributed by atoms with van der Waals surface area (Å²) < 4.78 is 7.67. The number of hydrogen-bond acceptors (Lipinski definition) is 1. The minimum absolute atomic E-state index is 0.921. The van der Waals surface area contributed by atoms with E-state index in [4.69, 9.17) is 4.42 Å². The first-order valence-corrected chi connectivity index (χ1v) is 12.2. The van der Waals surface area contributed by atoms with Crippen LogP contribution in [-0.4, -0.2) is 0 Å². The second-order valence-electron chi connectivity index (χ2n) is 8.71. The Kier molecular flexibility index (Phi) is 4.36. The van der Waals surface area contributed by atoms with Gasteiger partial charge in [0.15, 0.2) is 0 Å². The van der Waals surface area contributed by atoms with Gasteiger partial charge in [0.05, 0.1) is 0 Å². The molecule has 0 saturated heterocycles. The number of furan rings is 1. The molecule has 1 heterocycles. The Bertz CT molecular complexity index is 1860. The Morgan fingerprint density at radius 3 is 2.00 bits per heavy atom. The molecule has 0 aliphatic carbocycles. The van der Waals surface area contributed by atoms with Gasteiger partial charge in [-0.1, -0.05) is 101 Å². The molecule has 0 N–H and O–H groups in total. The van der Waals surface area contributed by atoms with E-state index in [1.807, 2.05) is 6.07 Å². The van der Waals surface area contributed by atoms with Crippen molar-refractivity contribution >= 4 is 59.4 Å². The monoisotopic (exact) mass is 498 g/mol. The van der Waals surface area contributed by atoms with Crippen LogP contribution < -0.4 is 0 Å². The summed E-state index contributed by atoms with van der Waals surface area (Å²) in [4.78, 5) is 0. The molecule has 0 bridgehead atoms. The summed E-state index contributed by atoms with van der Waals surface area (Å²) in [5, 5.41) is 7.24. The van der Waals surface area contributed by atoms with E-state index in [1.165, 1.54) is 43.4 Å². The first-order valence-electron chi connectivity index (χ1n) is 11.4. The second-order valence-corrected chi connectivity index (χ2v) is 9.62. The molecule has 2 heteroatoms. The Hall–Kier alpha value is -3.88. The van der Waals surface area contributed by atoms with Crippen molar-refractivity contribution in [3.8, 4) is 22.3 Å². The van der Waals surface area contributed by atoms with E-state index < -0.39 is 0 Å². The summed E-state index contributed by atoms with van der Waals surface area (Å²) >= 11 is 3.76. The van der Waals surface area contributed by atoms with Gasteiger partial charge in [0, 0.05) is 20.8 Å². The van der Waals surface area contributed by atoms with Crippen LogP contribution in [0.3, 0.4) is 0 Å². The highest BCUT2D eigenvalue weighted by atomic mass is 79.9. The van der Waals surface area contributed by atoms with Gasteiger partial charge >= 0.3 is 0 Å². The van der Waals surface area contributed by atoms with Crippen LogP contribution in [0.15, 0.2) is 124 Å². The van der Waals surface area contributed by atoms with Crippen molar-refractivity contribution in [1.82, 2.24) is 0 Å². The van der Waals surface area contributed by atoms with Crippen LogP contribution in [0.4, 0.5) is 0 Å². The maximum absolute atomic E-state index is 6.62. The topological polar surface area (TPSA) is 13.1 Å². The fourth-order valence-corrected chi connectivity index (χ4v) is 5.64. The second kappa shape index (κ2) is 7.58. The van der Waals surface area contributed by atoms with E-state index in [0.29, 0.717) is 0 Å². The number of hydrogen-bond donors (Lipinski definition) is 0. The van der Waals surface area contributed by atoms with Crippen molar-refractivity contribution in [3.05, 3.63) is 120 Å². The van der Waals surface area contributed by atoms with Crippen molar-refractivity contribution in [3.63, 3.8) is 0 Å². The Balaban J connectivity index is 1.63. The average Bonchev–Trinajstić information content (AvgIpc) is 3.29. The molecule has 0 amide bonds. The van der Waals surface area contributed by atoms with Crippen molar-refractivity contribution in [2.24, 2.45) is 0 Å². The molecule has 1 aromatic heterocycles. The molecule has 0 saturated carbocycles. The molecular formula is C32H19BrO. The lowest BCUT2D eigenvalue weighted by Gasteiger charge is -2.10. The molecule has 0 radical (unpaired) electrons. The summed E-state index contributed by atoms with van der Waals surface area (Å²) in [7, 11) is 0. The van der Waals surface area contributed by atoms with Crippen molar-refractivity contribution in [1.29, 1.82) is 0 Å². The standard InChI is InChI=1S/C32H19BrO/c33-25-17-23(20-8-2-1-3-9-20)16-24(18-25)28-19-22-11-5-7-13-27(22)31-30-26-12-6-4-10-21(26)14-15-29(30)34-32(28)31/h1-19H. The molecule has 0 unspecified atom stereocenters. The number of rotatable bonds is 2. The Labute approximate surface area is 205 Å². The summed E-state index contributed by atoms with van der Waals surface area (Å²) in [5.74, 6) is 0. The number of benzene rings is 6. The first kappa shape index (κ1) is 19.6. The van der Waals surface area contributed by atoms with Crippen LogP contribution >= 0.6 is 15.9 Å². The predicted molar refractivity (Wildman–Crippen MR) is 147 cm³/mol. The van der Waals surface area contributed by atoms with Crippen molar-refractivity contribution in [2.75, 3.05) is 0 Å². The molecule has 1 nitrogen and oxygen atoms in total. The normalized spacial score (nSPS) is 11.7. The van der Waals surface area contributed by atoms with Crippen LogP contribution in [0.2, 0.25) is 0 Å². The van der Waals surface area contributed by atoms with E-state index in [2.05, 4.69) is 125 Å². The summed E-state index contributed by atoms with van der Waals surface area (Å²) in [6.07, 6.45) is 0. The van der Waals surface area contributed by atoms with E-state index in [1.54, 1.807) is 0 Å². The fourth-order valence-electron chi connectivity index (χ4n) is 5.14. The zero-order valence-electron chi connectivity index (χ0n) is 18.3. The summed E-state index contributed by atoms with van der Waals surface area (Å²) in [6, 6.07) is 40.8. The highest BCUT2D eigenvalue weighted by molar-refractivity contribution is 9.10. The molecule has 0 spiro atoms. The van der Waals surface area contributed by atoms with Gasteiger partial charge in [-0.3, -0.25) is 0 Å². The Morgan fingerprint density at radius 2 is 1.18 bits per heavy atom. The molecule has 7 aromatic rings. The van der Waals surface area contributed by atoms with E-state index in [0.717, 1.165) is 26.8 Å². The van der Waals surface area contributed by atoms with Crippen molar-refractivity contribution in [2.45, 2.75) is 0 Å². The summed E-state index contributed by atoms with van der Waals surface area (Å²) in [5.41, 5.74) is 6.46. The van der Waals surface area contributed by atoms with Gasteiger partial charge in [-0.25, -0.2) is 0 Å². The third-order valence-electron chi connectivity index (χ3n) is 6.67. The average molecular weight is 499 g/mol. The van der Waals surface area contributed by atoms with Crippen LogP contribution in [0.1, 0.15) is 0 Å². The van der Waals surface area contributed by atoms with Crippen LogP contribution in [0.25, 0.3) is 65.7 Å². The van der Waals surface area contributed by atoms with Gasteiger partial charge in [0.25, 0.3) is 0 Å². The molecule has 6 aromatic carbocycles. The van der Waals surface area contributed by atoms with Gasteiger partial charge in [-0.2, -0.15) is 0 Å². The highest BCUT2D eigenvalue weighted by Crippen LogP contribution is 2.44. The molecule has 160 valence electrons. The third kappa shape index (κ3) is 2.99. The molecule has 7 rings (SSSR count). The zero-order valence-corrected chi connectivity index (χ0v) is 19.8. The molecule has 0 aliphatic heterocycles. The van der Waals surface area contributed by atoms with E-state index >= 15 is 0 Å². The maximum atomic E-state index is 6.62. The molecular weight excluding hydrogens is 480 g/mol. The van der Waals surface area contributed by atoms with Gasteiger partial charge < -0.3 is 4.42 Å². The fraction of sp³-hybridized carbons (Fsp3) is 0. The predicted octanol–water partition coefficient (Wildman–Crippen LogP) is 9.99.